The molecule has 0 aromatic heterocycles. The molecule has 1 aliphatic rings. The highest BCUT2D eigenvalue weighted by Crippen LogP contribution is 2.26. The molecule has 4 heteroatoms. The van der Waals surface area contributed by atoms with E-state index in [2.05, 4.69) is 12.2 Å². The van der Waals surface area contributed by atoms with Gasteiger partial charge in [-0.25, -0.2) is 9.18 Å². The molecule has 1 saturated carbocycles. The van der Waals surface area contributed by atoms with Crippen molar-refractivity contribution in [3.8, 4) is 0 Å². The number of hydrogen-bond acceptors (Lipinski definition) is 1. The number of urea groups is 1. The first-order valence-corrected chi connectivity index (χ1v) is 7.73. The normalized spacial score (nSPS) is 21.9. The molecular weight excluding hydrogens is 267 g/mol. The van der Waals surface area contributed by atoms with Gasteiger partial charge in [-0.3, -0.25) is 0 Å². The van der Waals surface area contributed by atoms with Crippen molar-refractivity contribution in [2.45, 2.75) is 52.1 Å². The Bertz CT molecular complexity index is 504. The molecule has 116 valence electrons. The Morgan fingerprint density at radius 3 is 2.86 bits per heavy atom. The van der Waals surface area contributed by atoms with E-state index in [4.69, 9.17) is 0 Å². The van der Waals surface area contributed by atoms with Gasteiger partial charge in [0, 0.05) is 19.6 Å². The molecule has 21 heavy (non-hydrogen) atoms. The minimum absolute atomic E-state index is 0.0453. The van der Waals surface area contributed by atoms with Gasteiger partial charge in [0.1, 0.15) is 5.82 Å². The topological polar surface area (TPSA) is 32.3 Å². The fourth-order valence-corrected chi connectivity index (χ4v) is 3.04. The zero-order valence-electron chi connectivity index (χ0n) is 13.2. The van der Waals surface area contributed by atoms with Gasteiger partial charge in [0.15, 0.2) is 0 Å². The van der Waals surface area contributed by atoms with Crippen LogP contribution < -0.4 is 5.32 Å². The predicted octanol–water partition coefficient (Wildman–Crippen LogP) is 3.85. The van der Waals surface area contributed by atoms with Crippen molar-refractivity contribution in [1.29, 1.82) is 0 Å². The molecule has 2 rings (SSSR count). The second-order valence-electron chi connectivity index (χ2n) is 6.28. The molecule has 2 unspecified atom stereocenters. The molecule has 1 N–H and O–H groups in total. The summed E-state index contributed by atoms with van der Waals surface area (Å²) in [5, 5.41) is 2.92. The summed E-state index contributed by atoms with van der Waals surface area (Å²) < 4.78 is 13.2. The summed E-state index contributed by atoms with van der Waals surface area (Å²) in [7, 11) is 1.87. The summed E-state index contributed by atoms with van der Waals surface area (Å²) in [6.45, 7) is 4.42. The molecule has 0 spiro atoms. The molecule has 1 fully saturated rings. The maximum atomic E-state index is 13.2. The molecule has 0 radical (unpaired) electrons. The van der Waals surface area contributed by atoms with Crippen molar-refractivity contribution in [2.75, 3.05) is 7.05 Å². The van der Waals surface area contributed by atoms with Crippen LogP contribution in [0.2, 0.25) is 0 Å². The fourth-order valence-electron chi connectivity index (χ4n) is 3.04. The zero-order valence-corrected chi connectivity index (χ0v) is 13.2. The van der Waals surface area contributed by atoms with E-state index in [9.17, 15) is 9.18 Å². The third-order valence-corrected chi connectivity index (χ3v) is 4.44. The number of aryl methyl sites for hydroxylation is 1. The van der Waals surface area contributed by atoms with Gasteiger partial charge in [0.25, 0.3) is 0 Å². The summed E-state index contributed by atoms with van der Waals surface area (Å²) in [5.74, 6) is 0.483. The summed E-state index contributed by atoms with van der Waals surface area (Å²) >= 11 is 0. The smallest absolute Gasteiger partial charge is 0.317 e. The van der Waals surface area contributed by atoms with E-state index in [0.29, 0.717) is 24.1 Å². The van der Waals surface area contributed by atoms with Crippen LogP contribution in [-0.4, -0.2) is 24.0 Å². The summed E-state index contributed by atoms with van der Waals surface area (Å²) in [6, 6.07) is 5.23. The molecular formula is C17H25FN2O. The maximum absolute atomic E-state index is 13.2. The van der Waals surface area contributed by atoms with E-state index in [0.717, 1.165) is 18.4 Å². The van der Waals surface area contributed by atoms with Gasteiger partial charge >= 0.3 is 6.03 Å². The van der Waals surface area contributed by atoms with E-state index < -0.39 is 0 Å². The van der Waals surface area contributed by atoms with E-state index in [-0.39, 0.29) is 11.8 Å². The number of hydrogen-bond donors (Lipinski definition) is 1. The number of benzene rings is 1. The molecule has 2 atom stereocenters. The minimum atomic E-state index is -0.210. The number of carbonyl (C=O) groups excluding carboxylic acids is 1. The average Bonchev–Trinajstić information content (AvgIpc) is 2.47. The Morgan fingerprint density at radius 2 is 2.19 bits per heavy atom. The van der Waals surface area contributed by atoms with Crippen LogP contribution in [0.1, 0.15) is 43.7 Å². The minimum Gasteiger partial charge on any atom is -0.334 e. The van der Waals surface area contributed by atoms with Crippen molar-refractivity contribution < 1.29 is 9.18 Å². The van der Waals surface area contributed by atoms with Crippen molar-refractivity contribution in [2.24, 2.45) is 5.92 Å². The van der Waals surface area contributed by atoms with Crippen LogP contribution in [0.25, 0.3) is 0 Å². The number of carbonyl (C=O) groups is 1. The van der Waals surface area contributed by atoms with Crippen LogP contribution in [0, 0.1) is 18.7 Å². The van der Waals surface area contributed by atoms with E-state index >= 15 is 0 Å². The molecule has 1 aromatic carbocycles. The Hall–Kier alpha value is -1.58. The Balaban J connectivity index is 1.87. The van der Waals surface area contributed by atoms with E-state index in [1.165, 1.54) is 18.9 Å². The van der Waals surface area contributed by atoms with Crippen molar-refractivity contribution in [3.63, 3.8) is 0 Å². The predicted molar refractivity (Wildman–Crippen MR) is 82.6 cm³/mol. The maximum Gasteiger partial charge on any atom is 0.317 e. The second kappa shape index (κ2) is 6.92. The van der Waals surface area contributed by atoms with Gasteiger partial charge in [0.05, 0.1) is 0 Å². The van der Waals surface area contributed by atoms with Crippen LogP contribution in [0.3, 0.4) is 0 Å². The standard InChI is InChI=1S/C17H25FN2O/c1-12-5-4-6-15(9-12)20(3)17(21)19-11-14-7-8-16(18)13(2)10-14/h7-8,10,12,15H,4-6,9,11H2,1-3H3,(H,19,21). The van der Waals surface area contributed by atoms with E-state index in [1.807, 2.05) is 11.9 Å². The van der Waals surface area contributed by atoms with Crippen LogP contribution in [0.4, 0.5) is 9.18 Å². The molecule has 0 saturated heterocycles. The third-order valence-electron chi connectivity index (χ3n) is 4.44. The highest BCUT2D eigenvalue weighted by molar-refractivity contribution is 5.74. The zero-order chi connectivity index (χ0) is 15.4. The molecule has 0 aliphatic heterocycles. The molecule has 1 aromatic rings. The van der Waals surface area contributed by atoms with Gasteiger partial charge < -0.3 is 10.2 Å². The highest BCUT2D eigenvalue weighted by atomic mass is 19.1. The summed E-state index contributed by atoms with van der Waals surface area (Å²) in [5.41, 5.74) is 1.53. The number of amides is 2. The largest absolute Gasteiger partial charge is 0.334 e. The molecule has 2 amide bonds. The van der Waals surface area contributed by atoms with Gasteiger partial charge in [0.2, 0.25) is 0 Å². The lowest BCUT2D eigenvalue weighted by Crippen LogP contribution is -2.45. The Labute approximate surface area is 126 Å². The first kappa shape index (κ1) is 15.8. The molecule has 0 heterocycles. The third kappa shape index (κ3) is 4.19. The van der Waals surface area contributed by atoms with Crippen molar-refractivity contribution in [3.05, 3.63) is 35.1 Å². The van der Waals surface area contributed by atoms with E-state index in [1.54, 1.807) is 19.1 Å². The number of rotatable bonds is 3. The van der Waals surface area contributed by atoms with Gasteiger partial charge in [-0.2, -0.15) is 0 Å². The highest BCUT2D eigenvalue weighted by Gasteiger charge is 2.25. The lowest BCUT2D eigenvalue weighted by Gasteiger charge is -2.34. The second-order valence-corrected chi connectivity index (χ2v) is 6.28. The van der Waals surface area contributed by atoms with Crippen LogP contribution >= 0.6 is 0 Å². The lowest BCUT2D eigenvalue weighted by atomic mass is 9.86. The lowest BCUT2D eigenvalue weighted by molar-refractivity contribution is 0.160. The SMILES string of the molecule is Cc1cc(CNC(=O)N(C)C2CCCC(C)C2)ccc1F. The number of nitrogens with zero attached hydrogens (tertiary/aromatic N) is 1. The average molecular weight is 292 g/mol. The quantitative estimate of drug-likeness (QED) is 0.901. The van der Waals surface area contributed by atoms with Crippen LogP contribution in [0.15, 0.2) is 18.2 Å². The molecule has 3 nitrogen and oxygen atoms in total. The summed E-state index contributed by atoms with van der Waals surface area (Å²) in [4.78, 5) is 14.0. The van der Waals surface area contributed by atoms with Gasteiger partial charge in [-0.1, -0.05) is 31.9 Å². The van der Waals surface area contributed by atoms with Gasteiger partial charge in [-0.15, -0.1) is 0 Å². The van der Waals surface area contributed by atoms with Gasteiger partial charge in [-0.05, 0) is 42.9 Å². The van der Waals surface area contributed by atoms with Crippen LogP contribution in [-0.2, 0) is 6.54 Å². The molecule has 1 aliphatic carbocycles. The van der Waals surface area contributed by atoms with Crippen molar-refractivity contribution >= 4 is 6.03 Å². The number of nitrogens with one attached hydrogen (secondary N) is 1. The van der Waals surface area contributed by atoms with Crippen LogP contribution in [0.5, 0.6) is 0 Å². The monoisotopic (exact) mass is 292 g/mol. The Morgan fingerprint density at radius 1 is 1.43 bits per heavy atom. The first-order valence-electron chi connectivity index (χ1n) is 7.73. The Kier molecular flexibility index (Phi) is 5.21. The molecule has 0 bridgehead atoms. The summed E-state index contributed by atoms with van der Waals surface area (Å²) in [6.07, 6.45) is 4.63. The number of halogens is 1. The van der Waals surface area contributed by atoms with Crippen molar-refractivity contribution in [1.82, 2.24) is 10.2 Å². The fraction of sp³-hybridized carbons (Fsp3) is 0.588. The first-order chi connectivity index (χ1) is 9.97.